The molecule has 0 amide bonds. The number of ether oxygens (including phenoxy) is 1. The van der Waals surface area contributed by atoms with Gasteiger partial charge in [-0.2, -0.15) is 0 Å². The van der Waals surface area contributed by atoms with E-state index in [0.29, 0.717) is 5.92 Å². The number of methoxy groups -OCH3 is 1. The minimum Gasteiger partial charge on any atom is -0.496 e. The van der Waals surface area contributed by atoms with Gasteiger partial charge in [0.1, 0.15) is 5.75 Å². The molecule has 0 aliphatic carbocycles. The SMILES string of the molecule is CCN1CCN(CC(C)CNC(=NC)NCC(c2ccccc2OC)N2CCCC2)CC1.I. The first-order valence-corrected chi connectivity index (χ1v) is 12.4. The lowest BCUT2D eigenvalue weighted by Crippen LogP contribution is -2.49. The van der Waals surface area contributed by atoms with Crippen molar-refractivity contribution in [2.45, 2.75) is 32.7 Å². The highest BCUT2D eigenvalue weighted by molar-refractivity contribution is 14.0. The fourth-order valence-corrected chi connectivity index (χ4v) is 4.91. The summed E-state index contributed by atoms with van der Waals surface area (Å²) in [7, 11) is 3.62. The van der Waals surface area contributed by atoms with Crippen LogP contribution in [0.25, 0.3) is 0 Å². The summed E-state index contributed by atoms with van der Waals surface area (Å²) in [5.74, 6) is 2.42. The van der Waals surface area contributed by atoms with E-state index >= 15 is 0 Å². The molecule has 2 atom stereocenters. The van der Waals surface area contributed by atoms with Crippen molar-refractivity contribution in [2.75, 3.05) is 79.6 Å². The molecule has 0 radical (unpaired) electrons. The average molecular weight is 573 g/mol. The zero-order valence-corrected chi connectivity index (χ0v) is 23.4. The van der Waals surface area contributed by atoms with Crippen LogP contribution in [0.2, 0.25) is 0 Å². The van der Waals surface area contributed by atoms with Crippen LogP contribution in [0.1, 0.15) is 38.3 Å². The number of piperazine rings is 1. The molecule has 1 aromatic carbocycles. The predicted octanol–water partition coefficient (Wildman–Crippen LogP) is 2.89. The number of aliphatic imine (C=N–C) groups is 1. The van der Waals surface area contributed by atoms with Crippen LogP contribution in [-0.4, -0.2) is 100 Å². The average Bonchev–Trinajstić information content (AvgIpc) is 3.36. The molecule has 2 unspecified atom stereocenters. The summed E-state index contributed by atoms with van der Waals surface area (Å²) in [4.78, 5) is 12.2. The summed E-state index contributed by atoms with van der Waals surface area (Å²) in [5.41, 5.74) is 1.25. The van der Waals surface area contributed by atoms with Crippen LogP contribution in [0.3, 0.4) is 0 Å². The normalized spacial score (nSPS) is 20.2. The smallest absolute Gasteiger partial charge is 0.191 e. The van der Waals surface area contributed by atoms with E-state index in [1.54, 1.807) is 7.11 Å². The minimum atomic E-state index is 0. The standard InChI is InChI=1S/C25H44N6O.HI/c1-5-29-14-16-30(17-15-29)20-21(2)18-27-25(26-3)28-19-23(31-12-8-9-13-31)22-10-6-7-11-24(22)32-4;/h6-7,10-11,21,23H,5,8-9,12-20H2,1-4H3,(H2,26,27,28);1H. The van der Waals surface area contributed by atoms with Gasteiger partial charge in [0.2, 0.25) is 0 Å². The van der Waals surface area contributed by atoms with Gasteiger partial charge in [0.05, 0.1) is 13.2 Å². The molecule has 2 heterocycles. The summed E-state index contributed by atoms with van der Waals surface area (Å²) < 4.78 is 5.68. The quantitative estimate of drug-likeness (QED) is 0.256. The number of hydrogen-bond acceptors (Lipinski definition) is 5. The van der Waals surface area contributed by atoms with Crippen molar-refractivity contribution >= 4 is 29.9 Å². The molecular formula is C25H45IN6O. The van der Waals surface area contributed by atoms with E-state index in [1.807, 2.05) is 13.1 Å². The van der Waals surface area contributed by atoms with Gasteiger partial charge in [0.25, 0.3) is 0 Å². The molecule has 2 aliphatic heterocycles. The molecule has 0 saturated carbocycles. The van der Waals surface area contributed by atoms with Gasteiger partial charge in [-0.15, -0.1) is 24.0 Å². The van der Waals surface area contributed by atoms with Crippen molar-refractivity contribution in [3.05, 3.63) is 29.8 Å². The van der Waals surface area contributed by atoms with Gasteiger partial charge in [-0.05, 0) is 44.5 Å². The van der Waals surface area contributed by atoms with Gasteiger partial charge in [0, 0.05) is 58.4 Å². The molecule has 2 aliphatic rings. The maximum Gasteiger partial charge on any atom is 0.191 e. The molecule has 2 N–H and O–H groups in total. The van der Waals surface area contributed by atoms with E-state index in [1.165, 1.54) is 51.1 Å². The van der Waals surface area contributed by atoms with E-state index in [-0.39, 0.29) is 30.0 Å². The molecule has 2 fully saturated rings. The van der Waals surface area contributed by atoms with E-state index in [9.17, 15) is 0 Å². The lowest BCUT2D eigenvalue weighted by Gasteiger charge is -2.35. The van der Waals surface area contributed by atoms with Crippen LogP contribution >= 0.6 is 24.0 Å². The maximum atomic E-state index is 5.68. The van der Waals surface area contributed by atoms with Crippen molar-refractivity contribution in [1.29, 1.82) is 0 Å². The summed E-state index contributed by atoms with van der Waals surface area (Å²) in [6, 6.07) is 8.68. The molecule has 8 heteroatoms. The number of likely N-dealkylation sites (N-methyl/N-ethyl adjacent to an activating group) is 1. The minimum absolute atomic E-state index is 0. The number of halogens is 1. The van der Waals surface area contributed by atoms with Crippen LogP contribution < -0.4 is 15.4 Å². The highest BCUT2D eigenvalue weighted by atomic mass is 127. The molecular weight excluding hydrogens is 527 g/mol. The lowest BCUT2D eigenvalue weighted by molar-refractivity contribution is 0.124. The first-order valence-electron chi connectivity index (χ1n) is 12.4. The molecule has 33 heavy (non-hydrogen) atoms. The summed E-state index contributed by atoms with van der Waals surface area (Å²) in [5, 5.41) is 7.15. The van der Waals surface area contributed by atoms with E-state index in [2.05, 4.69) is 62.4 Å². The molecule has 188 valence electrons. The fourth-order valence-electron chi connectivity index (χ4n) is 4.91. The Morgan fingerprint density at radius 3 is 2.27 bits per heavy atom. The van der Waals surface area contributed by atoms with Crippen LogP contribution in [0.5, 0.6) is 5.75 Å². The Hall–Kier alpha value is -1.10. The number of guanidine groups is 1. The zero-order valence-electron chi connectivity index (χ0n) is 21.1. The van der Waals surface area contributed by atoms with Crippen molar-refractivity contribution < 1.29 is 4.74 Å². The van der Waals surface area contributed by atoms with E-state index in [0.717, 1.165) is 44.4 Å². The molecule has 1 aromatic rings. The summed E-state index contributed by atoms with van der Waals surface area (Å²) >= 11 is 0. The second kappa shape index (κ2) is 15.0. The zero-order chi connectivity index (χ0) is 22.8. The number of para-hydroxylation sites is 1. The van der Waals surface area contributed by atoms with Gasteiger partial charge >= 0.3 is 0 Å². The molecule has 2 saturated heterocycles. The Morgan fingerprint density at radius 2 is 1.64 bits per heavy atom. The summed E-state index contributed by atoms with van der Waals surface area (Å²) in [6.45, 7) is 15.7. The van der Waals surface area contributed by atoms with Crippen LogP contribution in [0.4, 0.5) is 0 Å². The Morgan fingerprint density at radius 1 is 1.00 bits per heavy atom. The second-order valence-electron chi connectivity index (χ2n) is 9.17. The predicted molar refractivity (Wildman–Crippen MR) is 149 cm³/mol. The number of rotatable bonds is 10. The van der Waals surface area contributed by atoms with E-state index < -0.39 is 0 Å². The topological polar surface area (TPSA) is 55.4 Å². The third kappa shape index (κ3) is 8.56. The number of nitrogens with zero attached hydrogens (tertiary/aromatic N) is 4. The van der Waals surface area contributed by atoms with Crippen molar-refractivity contribution in [2.24, 2.45) is 10.9 Å². The van der Waals surface area contributed by atoms with Crippen LogP contribution in [0, 0.1) is 5.92 Å². The fraction of sp³-hybridized carbons (Fsp3) is 0.720. The first-order chi connectivity index (χ1) is 15.6. The molecule has 7 nitrogen and oxygen atoms in total. The van der Waals surface area contributed by atoms with Gasteiger partial charge in [-0.3, -0.25) is 9.89 Å². The highest BCUT2D eigenvalue weighted by Gasteiger charge is 2.26. The molecule has 0 aromatic heterocycles. The van der Waals surface area contributed by atoms with Gasteiger partial charge in [-0.25, -0.2) is 0 Å². The Labute approximate surface area is 218 Å². The Bertz CT molecular complexity index is 704. The van der Waals surface area contributed by atoms with Crippen LogP contribution in [0.15, 0.2) is 29.3 Å². The highest BCUT2D eigenvalue weighted by Crippen LogP contribution is 2.31. The number of hydrogen-bond donors (Lipinski definition) is 2. The Balaban J connectivity index is 0.00000385. The monoisotopic (exact) mass is 572 g/mol. The number of nitrogens with one attached hydrogen (secondary N) is 2. The van der Waals surface area contributed by atoms with Crippen molar-refractivity contribution in [3.8, 4) is 5.75 Å². The number of benzene rings is 1. The maximum absolute atomic E-state index is 5.68. The van der Waals surface area contributed by atoms with Gasteiger partial charge < -0.3 is 25.2 Å². The third-order valence-corrected chi connectivity index (χ3v) is 6.87. The number of likely N-dealkylation sites (tertiary alicyclic amines) is 1. The van der Waals surface area contributed by atoms with Crippen LogP contribution in [-0.2, 0) is 0 Å². The largest absolute Gasteiger partial charge is 0.496 e. The first kappa shape index (κ1) is 28.1. The lowest BCUT2D eigenvalue weighted by atomic mass is 10.0. The van der Waals surface area contributed by atoms with Crippen molar-refractivity contribution in [3.63, 3.8) is 0 Å². The van der Waals surface area contributed by atoms with Crippen molar-refractivity contribution in [1.82, 2.24) is 25.3 Å². The molecule has 0 bridgehead atoms. The molecule has 0 spiro atoms. The second-order valence-corrected chi connectivity index (χ2v) is 9.17. The summed E-state index contributed by atoms with van der Waals surface area (Å²) in [6.07, 6.45) is 2.53. The van der Waals surface area contributed by atoms with Gasteiger partial charge in [0.15, 0.2) is 5.96 Å². The Kier molecular flexibility index (Phi) is 12.8. The van der Waals surface area contributed by atoms with Gasteiger partial charge in [-0.1, -0.05) is 32.0 Å². The third-order valence-electron chi connectivity index (χ3n) is 6.87. The molecule has 3 rings (SSSR count). The van der Waals surface area contributed by atoms with E-state index in [4.69, 9.17) is 4.74 Å².